The molecule has 0 saturated carbocycles. The van der Waals surface area contributed by atoms with Crippen LogP contribution in [0.1, 0.15) is 44.2 Å². The van der Waals surface area contributed by atoms with Crippen LogP contribution in [0.4, 0.5) is 0 Å². The summed E-state index contributed by atoms with van der Waals surface area (Å²) >= 11 is 0. The average molecular weight is 346 g/mol. The Hall–Kier alpha value is -1.75. The van der Waals surface area contributed by atoms with Gasteiger partial charge in [-0.1, -0.05) is 13.0 Å². The molecular formula is C20H30N2O3. The summed E-state index contributed by atoms with van der Waals surface area (Å²) in [5.74, 6) is 2.53. The van der Waals surface area contributed by atoms with Crippen molar-refractivity contribution >= 4 is 5.91 Å². The molecule has 0 radical (unpaired) electrons. The molecule has 2 aliphatic rings. The lowest BCUT2D eigenvalue weighted by Crippen LogP contribution is -2.44. The molecule has 0 N–H and O–H groups in total. The van der Waals surface area contributed by atoms with Crippen molar-refractivity contribution in [2.75, 3.05) is 40.4 Å². The van der Waals surface area contributed by atoms with Gasteiger partial charge in [0, 0.05) is 30.8 Å². The predicted molar refractivity (Wildman–Crippen MR) is 98.1 cm³/mol. The highest BCUT2D eigenvalue weighted by Gasteiger charge is 2.31. The zero-order valence-corrected chi connectivity index (χ0v) is 15.7. The lowest BCUT2D eigenvalue weighted by molar-refractivity contribution is -0.134. The number of carbonyl (C=O) groups is 1. The van der Waals surface area contributed by atoms with Crippen molar-refractivity contribution in [3.63, 3.8) is 0 Å². The number of likely N-dealkylation sites (tertiary alicyclic amines) is 2. The third-order valence-electron chi connectivity index (χ3n) is 5.51. The summed E-state index contributed by atoms with van der Waals surface area (Å²) in [6, 6.07) is 6.23. The van der Waals surface area contributed by atoms with Crippen LogP contribution in [0.2, 0.25) is 0 Å². The first kappa shape index (κ1) is 18.1. The van der Waals surface area contributed by atoms with Crippen LogP contribution in [-0.2, 0) is 4.79 Å². The summed E-state index contributed by atoms with van der Waals surface area (Å²) in [6.07, 6.45) is 4.54. The van der Waals surface area contributed by atoms with E-state index in [4.69, 9.17) is 9.47 Å². The fourth-order valence-electron chi connectivity index (χ4n) is 4.15. The Bertz CT molecular complexity index is 605. The largest absolute Gasteiger partial charge is 0.497 e. The SMILES string of the molecule is COc1ccc([C@@H]2CCCN2CC(=O)N2CCC[C@H](C)C2)c(OC)c1. The lowest BCUT2D eigenvalue weighted by atomic mass is 10.00. The number of nitrogens with zero attached hydrogens (tertiary/aromatic N) is 2. The smallest absolute Gasteiger partial charge is 0.236 e. The Kier molecular flexibility index (Phi) is 5.84. The molecule has 1 aromatic carbocycles. The van der Waals surface area contributed by atoms with Gasteiger partial charge < -0.3 is 14.4 Å². The van der Waals surface area contributed by atoms with Crippen LogP contribution in [0, 0.1) is 5.92 Å². The topological polar surface area (TPSA) is 42.0 Å². The quantitative estimate of drug-likeness (QED) is 0.822. The first-order valence-electron chi connectivity index (χ1n) is 9.36. The normalized spacial score (nSPS) is 24.4. The van der Waals surface area contributed by atoms with E-state index in [1.54, 1.807) is 14.2 Å². The van der Waals surface area contributed by atoms with Gasteiger partial charge in [-0.25, -0.2) is 0 Å². The maximum Gasteiger partial charge on any atom is 0.236 e. The molecule has 2 aliphatic heterocycles. The van der Waals surface area contributed by atoms with E-state index in [1.807, 2.05) is 12.1 Å². The third kappa shape index (κ3) is 4.09. The molecule has 1 aromatic rings. The summed E-state index contributed by atoms with van der Waals surface area (Å²) in [4.78, 5) is 17.1. The second-order valence-corrected chi connectivity index (χ2v) is 7.32. The van der Waals surface area contributed by atoms with Crippen LogP contribution in [0.5, 0.6) is 11.5 Å². The van der Waals surface area contributed by atoms with E-state index in [0.29, 0.717) is 12.5 Å². The van der Waals surface area contributed by atoms with Gasteiger partial charge in [0.2, 0.25) is 5.91 Å². The molecule has 2 fully saturated rings. The highest BCUT2D eigenvalue weighted by atomic mass is 16.5. The zero-order chi connectivity index (χ0) is 17.8. The van der Waals surface area contributed by atoms with Gasteiger partial charge in [-0.05, 0) is 44.2 Å². The molecule has 0 aromatic heterocycles. The molecule has 2 heterocycles. The van der Waals surface area contributed by atoms with Gasteiger partial charge in [0.25, 0.3) is 0 Å². The van der Waals surface area contributed by atoms with E-state index in [1.165, 1.54) is 6.42 Å². The van der Waals surface area contributed by atoms with Crippen molar-refractivity contribution in [2.45, 2.75) is 38.6 Å². The van der Waals surface area contributed by atoms with Gasteiger partial charge in [0.05, 0.1) is 20.8 Å². The predicted octanol–water partition coefficient (Wildman–Crippen LogP) is 3.10. The molecule has 2 atom stereocenters. The van der Waals surface area contributed by atoms with Gasteiger partial charge in [-0.2, -0.15) is 0 Å². The Morgan fingerprint density at radius 1 is 1.16 bits per heavy atom. The number of piperidine rings is 1. The van der Waals surface area contributed by atoms with Crippen molar-refractivity contribution < 1.29 is 14.3 Å². The molecule has 138 valence electrons. The lowest BCUT2D eigenvalue weighted by Gasteiger charge is -2.33. The highest BCUT2D eigenvalue weighted by Crippen LogP contribution is 2.38. The fraction of sp³-hybridized carbons (Fsp3) is 0.650. The van der Waals surface area contributed by atoms with Gasteiger partial charge in [0.1, 0.15) is 11.5 Å². The van der Waals surface area contributed by atoms with Crippen molar-refractivity contribution in [1.82, 2.24) is 9.80 Å². The standard InChI is InChI=1S/C20H30N2O3/c1-15-6-4-11-22(13-15)20(23)14-21-10-5-7-18(21)17-9-8-16(24-2)12-19(17)25-3/h8-9,12,15,18H,4-7,10-11,13-14H2,1-3H3/t15-,18-/m0/s1. The maximum absolute atomic E-state index is 12.8. The van der Waals surface area contributed by atoms with Crippen LogP contribution in [0.25, 0.3) is 0 Å². The molecule has 25 heavy (non-hydrogen) atoms. The van der Waals surface area contributed by atoms with Crippen LogP contribution in [0.15, 0.2) is 18.2 Å². The minimum absolute atomic E-state index is 0.243. The van der Waals surface area contributed by atoms with Crippen LogP contribution >= 0.6 is 0 Å². The molecule has 2 saturated heterocycles. The number of carbonyl (C=O) groups excluding carboxylic acids is 1. The molecular weight excluding hydrogens is 316 g/mol. The Labute approximate surface area is 150 Å². The van der Waals surface area contributed by atoms with Crippen LogP contribution in [-0.4, -0.2) is 56.1 Å². The number of methoxy groups -OCH3 is 2. The van der Waals surface area contributed by atoms with Gasteiger partial charge in [-0.15, -0.1) is 0 Å². The average Bonchev–Trinajstić information content (AvgIpc) is 3.08. The molecule has 5 nitrogen and oxygen atoms in total. The number of hydrogen-bond donors (Lipinski definition) is 0. The number of hydrogen-bond acceptors (Lipinski definition) is 4. The van der Waals surface area contributed by atoms with E-state index in [9.17, 15) is 4.79 Å². The van der Waals surface area contributed by atoms with Crippen LogP contribution < -0.4 is 9.47 Å². The van der Waals surface area contributed by atoms with Crippen molar-refractivity contribution in [3.05, 3.63) is 23.8 Å². The molecule has 1 amide bonds. The van der Waals surface area contributed by atoms with Gasteiger partial charge >= 0.3 is 0 Å². The summed E-state index contributed by atoms with van der Waals surface area (Å²) in [5.41, 5.74) is 1.15. The minimum atomic E-state index is 0.243. The second-order valence-electron chi connectivity index (χ2n) is 7.32. The second kappa shape index (κ2) is 8.09. The first-order chi connectivity index (χ1) is 12.1. The summed E-state index contributed by atoms with van der Waals surface area (Å²) in [5, 5.41) is 0. The highest BCUT2D eigenvalue weighted by molar-refractivity contribution is 5.78. The first-order valence-corrected chi connectivity index (χ1v) is 9.36. The summed E-state index contributed by atoms with van der Waals surface area (Å²) in [6.45, 7) is 5.53. The molecule has 5 heteroatoms. The summed E-state index contributed by atoms with van der Waals surface area (Å²) < 4.78 is 10.9. The van der Waals surface area contributed by atoms with E-state index in [-0.39, 0.29) is 11.9 Å². The number of benzene rings is 1. The van der Waals surface area contributed by atoms with Crippen LogP contribution in [0.3, 0.4) is 0 Å². The molecule has 0 unspecified atom stereocenters. The van der Waals surface area contributed by atoms with E-state index in [0.717, 1.165) is 56.0 Å². The molecule has 0 spiro atoms. The Balaban J connectivity index is 1.71. The molecule has 3 rings (SSSR count). The maximum atomic E-state index is 12.8. The van der Waals surface area contributed by atoms with Crippen molar-refractivity contribution in [3.8, 4) is 11.5 Å². The van der Waals surface area contributed by atoms with E-state index >= 15 is 0 Å². The number of ether oxygens (including phenoxy) is 2. The number of amides is 1. The van der Waals surface area contributed by atoms with Crippen molar-refractivity contribution in [2.24, 2.45) is 5.92 Å². The molecule has 0 aliphatic carbocycles. The number of rotatable bonds is 5. The van der Waals surface area contributed by atoms with Gasteiger partial charge in [0.15, 0.2) is 0 Å². The van der Waals surface area contributed by atoms with Gasteiger partial charge in [-0.3, -0.25) is 9.69 Å². The Morgan fingerprint density at radius 2 is 1.96 bits per heavy atom. The van der Waals surface area contributed by atoms with E-state index in [2.05, 4.69) is 22.8 Å². The Morgan fingerprint density at radius 3 is 2.68 bits per heavy atom. The molecule has 0 bridgehead atoms. The minimum Gasteiger partial charge on any atom is -0.497 e. The summed E-state index contributed by atoms with van der Waals surface area (Å²) in [7, 11) is 3.35. The van der Waals surface area contributed by atoms with Crippen molar-refractivity contribution in [1.29, 1.82) is 0 Å². The zero-order valence-electron chi connectivity index (χ0n) is 15.7. The third-order valence-corrected chi connectivity index (χ3v) is 5.51. The fourth-order valence-corrected chi connectivity index (χ4v) is 4.15. The van der Waals surface area contributed by atoms with E-state index < -0.39 is 0 Å². The monoisotopic (exact) mass is 346 g/mol.